The van der Waals surface area contributed by atoms with Gasteiger partial charge in [-0.05, 0) is 56.7 Å². The molecular formula is C22H30N2O5S. The van der Waals surface area contributed by atoms with Crippen molar-refractivity contribution in [2.45, 2.75) is 32.7 Å². The van der Waals surface area contributed by atoms with E-state index in [9.17, 15) is 13.2 Å². The molecule has 0 radical (unpaired) electrons. The molecule has 0 heterocycles. The Bertz CT molecular complexity index is 912. The molecule has 0 unspecified atom stereocenters. The Morgan fingerprint density at radius 2 is 1.67 bits per heavy atom. The van der Waals surface area contributed by atoms with E-state index in [0.29, 0.717) is 24.5 Å². The van der Waals surface area contributed by atoms with Crippen molar-refractivity contribution < 1.29 is 22.7 Å². The fourth-order valence-electron chi connectivity index (χ4n) is 2.86. The zero-order valence-corrected chi connectivity index (χ0v) is 18.7. The van der Waals surface area contributed by atoms with Crippen LogP contribution in [0.2, 0.25) is 0 Å². The maximum Gasteiger partial charge on any atom is 0.232 e. The van der Waals surface area contributed by atoms with Crippen molar-refractivity contribution in [1.82, 2.24) is 5.32 Å². The average Bonchev–Trinajstić information content (AvgIpc) is 2.70. The summed E-state index contributed by atoms with van der Waals surface area (Å²) >= 11 is 0. The van der Waals surface area contributed by atoms with Crippen LogP contribution < -0.4 is 19.1 Å². The largest absolute Gasteiger partial charge is 0.497 e. The lowest BCUT2D eigenvalue weighted by molar-refractivity contribution is -0.121. The molecule has 1 atom stereocenters. The van der Waals surface area contributed by atoms with Crippen LogP contribution in [0.3, 0.4) is 0 Å². The molecule has 0 bridgehead atoms. The van der Waals surface area contributed by atoms with E-state index >= 15 is 0 Å². The van der Waals surface area contributed by atoms with Crippen molar-refractivity contribution in [2.75, 3.05) is 30.8 Å². The van der Waals surface area contributed by atoms with E-state index in [4.69, 9.17) is 9.47 Å². The van der Waals surface area contributed by atoms with Gasteiger partial charge in [-0.15, -0.1) is 0 Å². The van der Waals surface area contributed by atoms with Crippen molar-refractivity contribution in [3.05, 3.63) is 54.1 Å². The second kappa shape index (κ2) is 10.9. The van der Waals surface area contributed by atoms with Gasteiger partial charge < -0.3 is 14.8 Å². The Labute approximate surface area is 179 Å². The minimum Gasteiger partial charge on any atom is -0.497 e. The Kier molecular flexibility index (Phi) is 8.53. The summed E-state index contributed by atoms with van der Waals surface area (Å²) in [6.07, 6.45) is 1.81. The Morgan fingerprint density at radius 1 is 1.07 bits per heavy atom. The highest BCUT2D eigenvalue weighted by Gasteiger charge is 2.18. The van der Waals surface area contributed by atoms with E-state index in [1.54, 1.807) is 43.5 Å². The molecule has 0 fully saturated rings. The molecule has 1 N–H and O–H groups in total. The predicted molar refractivity (Wildman–Crippen MR) is 119 cm³/mol. The summed E-state index contributed by atoms with van der Waals surface area (Å²) in [6, 6.07) is 14.3. The first-order valence-corrected chi connectivity index (χ1v) is 11.6. The molecule has 2 rings (SSSR count). The van der Waals surface area contributed by atoms with Gasteiger partial charge in [0, 0.05) is 13.0 Å². The summed E-state index contributed by atoms with van der Waals surface area (Å²) in [5.41, 5.74) is 1.65. The number of nitrogens with one attached hydrogen (secondary N) is 1. The van der Waals surface area contributed by atoms with Crippen LogP contribution in [-0.4, -0.2) is 46.9 Å². The predicted octanol–water partition coefficient (Wildman–Crippen LogP) is 3.13. The Balaban J connectivity index is 1.78. The minimum absolute atomic E-state index is 0.141. The number of anilines is 1. The molecule has 2 aromatic rings. The number of methoxy groups -OCH3 is 1. The molecule has 30 heavy (non-hydrogen) atoms. The molecule has 0 spiro atoms. The van der Waals surface area contributed by atoms with Gasteiger partial charge in [-0.3, -0.25) is 9.10 Å². The molecule has 164 valence electrons. The number of sulfonamides is 1. The van der Waals surface area contributed by atoms with Gasteiger partial charge >= 0.3 is 0 Å². The average molecular weight is 435 g/mol. The smallest absolute Gasteiger partial charge is 0.232 e. The van der Waals surface area contributed by atoms with Crippen LogP contribution in [0, 0.1) is 6.92 Å². The highest BCUT2D eigenvalue weighted by molar-refractivity contribution is 7.92. The van der Waals surface area contributed by atoms with Crippen molar-refractivity contribution in [1.29, 1.82) is 0 Å². The van der Waals surface area contributed by atoms with Crippen molar-refractivity contribution >= 4 is 21.6 Å². The maximum atomic E-state index is 12.2. The number of hydrogen-bond acceptors (Lipinski definition) is 5. The van der Waals surface area contributed by atoms with Gasteiger partial charge in [0.2, 0.25) is 15.9 Å². The quantitative estimate of drug-likeness (QED) is 0.587. The lowest BCUT2D eigenvalue weighted by Gasteiger charge is -2.22. The summed E-state index contributed by atoms with van der Waals surface area (Å²) in [4.78, 5) is 12.2. The van der Waals surface area contributed by atoms with Crippen LogP contribution in [0.25, 0.3) is 0 Å². The van der Waals surface area contributed by atoms with Crippen molar-refractivity contribution in [3.63, 3.8) is 0 Å². The number of aryl methyl sites for hydroxylation is 1. The van der Waals surface area contributed by atoms with E-state index in [1.807, 2.05) is 26.0 Å². The normalized spacial score (nSPS) is 12.1. The molecule has 0 aliphatic carbocycles. The molecule has 7 nitrogen and oxygen atoms in total. The molecule has 0 aliphatic heterocycles. The molecule has 2 aromatic carbocycles. The molecule has 1 amide bonds. The second-order valence-electron chi connectivity index (χ2n) is 7.23. The summed E-state index contributed by atoms with van der Waals surface area (Å²) in [5.74, 6) is 1.30. The van der Waals surface area contributed by atoms with Gasteiger partial charge in [0.1, 0.15) is 18.1 Å². The van der Waals surface area contributed by atoms with Crippen LogP contribution in [0.4, 0.5) is 5.69 Å². The van der Waals surface area contributed by atoms with Gasteiger partial charge in [-0.2, -0.15) is 0 Å². The highest BCUT2D eigenvalue weighted by atomic mass is 32.2. The zero-order chi connectivity index (χ0) is 22.1. The number of carbonyl (C=O) groups excluding carboxylic acids is 1. The van der Waals surface area contributed by atoms with E-state index in [1.165, 1.54) is 10.6 Å². The third kappa shape index (κ3) is 7.59. The number of benzene rings is 2. The molecular weight excluding hydrogens is 404 g/mol. The number of amides is 1. The van der Waals surface area contributed by atoms with Crippen molar-refractivity contribution in [2.24, 2.45) is 0 Å². The lowest BCUT2D eigenvalue weighted by Crippen LogP contribution is -2.37. The van der Waals surface area contributed by atoms with E-state index in [0.717, 1.165) is 11.3 Å². The third-order valence-electron chi connectivity index (χ3n) is 4.45. The third-order valence-corrected chi connectivity index (χ3v) is 5.65. The van der Waals surface area contributed by atoms with Crippen LogP contribution in [-0.2, 0) is 14.8 Å². The lowest BCUT2D eigenvalue weighted by atomic mass is 10.2. The second-order valence-corrected chi connectivity index (χ2v) is 9.14. The standard InChI is InChI=1S/C22H30N2O5S/c1-17-7-9-19(10-8-17)24(30(4,26)27)15-5-6-22(25)23-18(2)16-29-21-13-11-20(28-3)12-14-21/h7-14,18H,5-6,15-16H2,1-4H3,(H,23,25)/t18-/m0/s1. The fraction of sp³-hybridized carbons (Fsp3) is 0.409. The monoisotopic (exact) mass is 434 g/mol. The Hall–Kier alpha value is -2.74. The number of nitrogens with zero attached hydrogens (tertiary/aromatic N) is 1. The molecule has 8 heteroatoms. The van der Waals surface area contributed by atoms with Crippen LogP contribution in [0.15, 0.2) is 48.5 Å². The molecule has 0 saturated carbocycles. The van der Waals surface area contributed by atoms with E-state index in [-0.39, 0.29) is 24.9 Å². The van der Waals surface area contributed by atoms with Gasteiger partial charge in [0.15, 0.2) is 0 Å². The summed E-state index contributed by atoms with van der Waals surface area (Å²) < 4.78 is 36.4. The first-order valence-electron chi connectivity index (χ1n) is 9.79. The zero-order valence-electron chi connectivity index (χ0n) is 17.9. The summed E-state index contributed by atoms with van der Waals surface area (Å²) in [6.45, 7) is 4.37. The SMILES string of the molecule is COc1ccc(OC[C@H](C)NC(=O)CCCN(c2ccc(C)cc2)S(C)(=O)=O)cc1. The molecule has 0 aliphatic rings. The topological polar surface area (TPSA) is 84.9 Å². The number of rotatable bonds is 11. The van der Waals surface area contributed by atoms with E-state index in [2.05, 4.69) is 5.32 Å². The highest BCUT2D eigenvalue weighted by Crippen LogP contribution is 2.19. The molecule has 0 aromatic heterocycles. The first-order chi connectivity index (χ1) is 14.2. The van der Waals surface area contributed by atoms with Gasteiger partial charge in [-0.1, -0.05) is 17.7 Å². The van der Waals surface area contributed by atoms with Crippen LogP contribution >= 0.6 is 0 Å². The minimum atomic E-state index is -3.42. The van der Waals surface area contributed by atoms with Gasteiger partial charge in [-0.25, -0.2) is 8.42 Å². The molecule has 0 saturated heterocycles. The van der Waals surface area contributed by atoms with Gasteiger partial charge in [0.05, 0.1) is 25.1 Å². The van der Waals surface area contributed by atoms with Crippen molar-refractivity contribution in [3.8, 4) is 11.5 Å². The van der Waals surface area contributed by atoms with E-state index < -0.39 is 10.0 Å². The number of carbonyl (C=O) groups is 1. The number of hydrogen-bond donors (Lipinski definition) is 1. The number of ether oxygens (including phenoxy) is 2. The summed E-state index contributed by atoms with van der Waals surface area (Å²) in [7, 11) is -1.82. The summed E-state index contributed by atoms with van der Waals surface area (Å²) in [5, 5.41) is 2.88. The Morgan fingerprint density at radius 3 is 2.23 bits per heavy atom. The van der Waals surface area contributed by atoms with Gasteiger partial charge in [0.25, 0.3) is 0 Å². The first kappa shape index (κ1) is 23.5. The van der Waals surface area contributed by atoms with Crippen LogP contribution in [0.5, 0.6) is 11.5 Å². The maximum absolute atomic E-state index is 12.2. The van der Waals surface area contributed by atoms with Crippen LogP contribution in [0.1, 0.15) is 25.3 Å². The fourth-order valence-corrected chi connectivity index (χ4v) is 3.83.